The van der Waals surface area contributed by atoms with Crippen LogP contribution in [0, 0.1) is 0 Å². The Kier molecular flexibility index (Phi) is 2.86. The van der Waals surface area contributed by atoms with Gasteiger partial charge >= 0.3 is 5.97 Å². The van der Waals surface area contributed by atoms with E-state index in [2.05, 4.69) is 9.68 Å². The van der Waals surface area contributed by atoms with E-state index in [0.29, 0.717) is 0 Å². The molecule has 1 unspecified atom stereocenters. The van der Waals surface area contributed by atoms with Gasteiger partial charge in [-0.1, -0.05) is 0 Å². The molecular formula is C7H9NO5. The van der Waals surface area contributed by atoms with E-state index in [-0.39, 0.29) is 18.1 Å². The molecule has 2 N–H and O–H groups in total. The summed E-state index contributed by atoms with van der Waals surface area (Å²) in [5.74, 6) is -0.769. The molecule has 0 spiro atoms. The number of hydrogen-bond acceptors (Lipinski definition) is 5. The van der Waals surface area contributed by atoms with Crippen molar-refractivity contribution < 1.29 is 24.3 Å². The van der Waals surface area contributed by atoms with Gasteiger partial charge in [-0.25, -0.2) is 4.79 Å². The Morgan fingerprint density at radius 1 is 1.85 bits per heavy atom. The Balaban J connectivity index is 2.58. The molecule has 0 aliphatic rings. The molecule has 0 radical (unpaired) electrons. The number of hydrogen-bond donors (Lipinski definition) is 2. The monoisotopic (exact) mass is 187 g/mol. The molecule has 0 aromatic carbocycles. The van der Waals surface area contributed by atoms with Gasteiger partial charge in [0.05, 0.1) is 7.11 Å². The summed E-state index contributed by atoms with van der Waals surface area (Å²) < 4.78 is 9.38. The summed E-state index contributed by atoms with van der Waals surface area (Å²) in [5.41, 5.74) is 0. The molecule has 72 valence electrons. The molecule has 0 saturated carbocycles. The molecule has 0 amide bonds. The zero-order valence-electron chi connectivity index (χ0n) is 6.93. The Bertz CT molecular complexity index is 295. The van der Waals surface area contributed by atoms with Gasteiger partial charge in [0.1, 0.15) is 5.76 Å². The Morgan fingerprint density at radius 2 is 2.54 bits per heavy atom. The second-order valence-corrected chi connectivity index (χ2v) is 2.39. The minimum atomic E-state index is -1.47. The van der Waals surface area contributed by atoms with Crippen LogP contribution in [-0.4, -0.2) is 34.6 Å². The van der Waals surface area contributed by atoms with Crippen molar-refractivity contribution in [2.24, 2.45) is 0 Å². The first-order valence-corrected chi connectivity index (χ1v) is 3.54. The van der Waals surface area contributed by atoms with Crippen LogP contribution in [0.5, 0.6) is 5.88 Å². The summed E-state index contributed by atoms with van der Waals surface area (Å²) in [4.78, 5) is 10.2. The molecule has 0 fully saturated rings. The van der Waals surface area contributed by atoms with Crippen molar-refractivity contribution in [3.8, 4) is 5.88 Å². The fourth-order valence-corrected chi connectivity index (χ4v) is 0.764. The number of carboxylic acids is 1. The number of aliphatic carboxylic acids is 1. The Hall–Kier alpha value is -1.56. The number of methoxy groups -OCH3 is 1. The van der Waals surface area contributed by atoms with Gasteiger partial charge < -0.3 is 19.5 Å². The van der Waals surface area contributed by atoms with Gasteiger partial charge in [-0.05, 0) is 5.16 Å². The lowest BCUT2D eigenvalue weighted by Gasteiger charge is -1.99. The number of aliphatic hydroxyl groups is 1. The average molecular weight is 187 g/mol. The molecule has 0 bridgehead atoms. The van der Waals surface area contributed by atoms with Crippen molar-refractivity contribution >= 4 is 5.97 Å². The summed E-state index contributed by atoms with van der Waals surface area (Å²) in [6.45, 7) is 0. The van der Waals surface area contributed by atoms with Crippen LogP contribution in [0.4, 0.5) is 0 Å². The van der Waals surface area contributed by atoms with E-state index in [1.807, 2.05) is 0 Å². The summed E-state index contributed by atoms with van der Waals surface area (Å²) in [7, 11) is 1.41. The van der Waals surface area contributed by atoms with Crippen LogP contribution in [-0.2, 0) is 11.2 Å². The molecule has 1 heterocycles. The number of aromatic nitrogens is 1. The normalized spacial score (nSPS) is 12.5. The summed E-state index contributed by atoms with van der Waals surface area (Å²) in [5, 5.41) is 20.7. The third-order valence-electron chi connectivity index (χ3n) is 1.43. The van der Waals surface area contributed by atoms with Crippen molar-refractivity contribution in [1.82, 2.24) is 5.16 Å². The molecule has 6 heteroatoms. The maximum absolute atomic E-state index is 10.2. The first-order chi connectivity index (χ1) is 6.13. The maximum atomic E-state index is 10.2. The maximum Gasteiger partial charge on any atom is 0.332 e. The lowest BCUT2D eigenvalue weighted by Crippen LogP contribution is -2.21. The lowest BCUT2D eigenvalue weighted by molar-refractivity contribution is -0.146. The largest absolute Gasteiger partial charge is 0.479 e. The average Bonchev–Trinajstić information content (AvgIpc) is 2.52. The first kappa shape index (κ1) is 9.53. The van der Waals surface area contributed by atoms with Gasteiger partial charge in [-0.15, -0.1) is 0 Å². The second-order valence-electron chi connectivity index (χ2n) is 2.39. The number of nitrogens with zero attached hydrogens (tertiary/aromatic N) is 1. The number of carbonyl (C=O) groups is 1. The van der Waals surface area contributed by atoms with Crippen molar-refractivity contribution in [2.75, 3.05) is 7.11 Å². The number of aliphatic hydroxyl groups excluding tert-OH is 1. The number of ether oxygens (including phenoxy) is 1. The SMILES string of the molecule is COc1cc(CC(O)C(=O)O)on1. The smallest absolute Gasteiger partial charge is 0.332 e. The van der Waals surface area contributed by atoms with Gasteiger partial charge in [0.15, 0.2) is 6.10 Å². The van der Waals surface area contributed by atoms with Gasteiger partial charge in [-0.2, -0.15) is 0 Å². The zero-order chi connectivity index (χ0) is 9.84. The third-order valence-corrected chi connectivity index (χ3v) is 1.43. The van der Waals surface area contributed by atoms with Crippen LogP contribution < -0.4 is 4.74 Å². The van der Waals surface area contributed by atoms with Crippen molar-refractivity contribution in [3.63, 3.8) is 0 Å². The minimum Gasteiger partial charge on any atom is -0.479 e. The van der Waals surface area contributed by atoms with Gasteiger partial charge in [0.2, 0.25) is 0 Å². The van der Waals surface area contributed by atoms with Crippen LogP contribution in [0.1, 0.15) is 5.76 Å². The molecule has 1 aromatic heterocycles. The van der Waals surface area contributed by atoms with E-state index in [9.17, 15) is 4.79 Å². The molecule has 1 atom stereocenters. The third kappa shape index (κ3) is 2.45. The highest BCUT2D eigenvalue weighted by molar-refractivity contribution is 5.72. The Morgan fingerprint density at radius 3 is 3.00 bits per heavy atom. The predicted molar refractivity (Wildman–Crippen MR) is 40.4 cm³/mol. The van der Waals surface area contributed by atoms with Crippen molar-refractivity contribution in [2.45, 2.75) is 12.5 Å². The van der Waals surface area contributed by atoms with Crippen LogP contribution >= 0.6 is 0 Å². The molecule has 1 aromatic rings. The van der Waals surface area contributed by atoms with Crippen molar-refractivity contribution in [1.29, 1.82) is 0 Å². The van der Waals surface area contributed by atoms with Crippen LogP contribution in [0.3, 0.4) is 0 Å². The molecular weight excluding hydrogens is 178 g/mol. The summed E-state index contributed by atoms with van der Waals surface area (Å²) >= 11 is 0. The highest BCUT2D eigenvalue weighted by atomic mass is 16.5. The predicted octanol–water partition coefficient (Wildman–Crippen LogP) is -0.329. The van der Waals surface area contributed by atoms with Crippen LogP contribution in [0.15, 0.2) is 10.6 Å². The van der Waals surface area contributed by atoms with E-state index in [1.54, 1.807) is 0 Å². The molecule has 13 heavy (non-hydrogen) atoms. The highest BCUT2D eigenvalue weighted by Crippen LogP contribution is 2.12. The van der Waals surface area contributed by atoms with Crippen LogP contribution in [0.25, 0.3) is 0 Å². The van der Waals surface area contributed by atoms with E-state index in [1.165, 1.54) is 13.2 Å². The molecule has 0 aliphatic carbocycles. The van der Waals surface area contributed by atoms with Crippen molar-refractivity contribution in [3.05, 3.63) is 11.8 Å². The summed E-state index contributed by atoms with van der Waals surface area (Å²) in [6.07, 6.45) is -1.59. The fourth-order valence-electron chi connectivity index (χ4n) is 0.764. The number of carboxylic acid groups (broad SMARTS) is 1. The minimum absolute atomic E-state index is 0.119. The quantitative estimate of drug-likeness (QED) is 0.670. The Labute approximate surface area is 73.7 Å². The van der Waals surface area contributed by atoms with Gasteiger partial charge in [0, 0.05) is 12.5 Å². The standard InChI is InChI=1S/C7H9NO5/c1-12-6-3-4(13-8-6)2-5(9)7(10)11/h3,5,9H,2H2,1H3,(H,10,11). The molecule has 0 saturated heterocycles. The number of rotatable bonds is 4. The zero-order valence-corrected chi connectivity index (χ0v) is 6.93. The first-order valence-electron chi connectivity index (χ1n) is 3.54. The summed E-state index contributed by atoms with van der Waals surface area (Å²) in [6, 6.07) is 1.42. The lowest BCUT2D eigenvalue weighted by atomic mass is 10.2. The van der Waals surface area contributed by atoms with E-state index < -0.39 is 12.1 Å². The van der Waals surface area contributed by atoms with E-state index >= 15 is 0 Å². The van der Waals surface area contributed by atoms with Gasteiger partial charge in [0.25, 0.3) is 5.88 Å². The molecule has 1 rings (SSSR count). The fraction of sp³-hybridized carbons (Fsp3) is 0.429. The molecule has 0 aliphatic heterocycles. The highest BCUT2D eigenvalue weighted by Gasteiger charge is 2.16. The van der Waals surface area contributed by atoms with E-state index in [4.69, 9.17) is 14.9 Å². The molecule has 6 nitrogen and oxygen atoms in total. The van der Waals surface area contributed by atoms with Gasteiger partial charge in [-0.3, -0.25) is 0 Å². The van der Waals surface area contributed by atoms with Crippen LogP contribution in [0.2, 0.25) is 0 Å². The van der Waals surface area contributed by atoms with E-state index in [0.717, 1.165) is 0 Å². The topological polar surface area (TPSA) is 92.8 Å². The second kappa shape index (κ2) is 3.90.